The molecule has 2 N–H and O–H groups in total. The van der Waals surface area contributed by atoms with Crippen LogP contribution in [0.15, 0.2) is 30.5 Å². The topological polar surface area (TPSA) is 67.2 Å². The molecule has 0 unspecified atom stereocenters. The monoisotopic (exact) mass is 317 g/mol. The number of nitrogens with one attached hydrogen (secondary N) is 1. The Morgan fingerprint density at radius 1 is 1.39 bits per heavy atom. The lowest BCUT2D eigenvalue weighted by Crippen LogP contribution is -2.47. The van der Waals surface area contributed by atoms with Crippen LogP contribution in [-0.2, 0) is 6.42 Å². The van der Waals surface area contributed by atoms with E-state index in [1.807, 2.05) is 6.92 Å². The molecule has 6 heteroatoms. The Morgan fingerprint density at radius 2 is 2.09 bits per heavy atom. The van der Waals surface area contributed by atoms with Gasteiger partial charge in [0.05, 0.1) is 28.7 Å². The first-order valence-corrected chi connectivity index (χ1v) is 7.86. The lowest BCUT2D eigenvalue weighted by atomic mass is 9.80. The Kier molecular flexibility index (Phi) is 4.17. The number of aromatic nitrogens is 2. The van der Waals surface area contributed by atoms with Gasteiger partial charge in [-0.05, 0) is 49.9 Å². The van der Waals surface area contributed by atoms with Gasteiger partial charge in [-0.2, -0.15) is 5.10 Å². The van der Waals surface area contributed by atoms with Gasteiger partial charge in [-0.15, -0.1) is 0 Å². The molecule has 23 heavy (non-hydrogen) atoms. The van der Waals surface area contributed by atoms with Crippen molar-refractivity contribution in [2.75, 3.05) is 6.54 Å². The first-order chi connectivity index (χ1) is 11.0. The highest BCUT2D eigenvalue weighted by atomic mass is 19.1. The molecule has 1 aliphatic carbocycles. The number of aliphatic hydroxyl groups is 1. The van der Waals surface area contributed by atoms with E-state index in [0.717, 1.165) is 25.0 Å². The highest BCUT2D eigenvalue weighted by molar-refractivity contribution is 5.95. The van der Waals surface area contributed by atoms with Crippen molar-refractivity contribution < 1.29 is 14.3 Å². The Hall–Kier alpha value is -2.21. The summed E-state index contributed by atoms with van der Waals surface area (Å²) in [6.45, 7) is 2.20. The molecule has 5 nitrogen and oxygen atoms in total. The van der Waals surface area contributed by atoms with Gasteiger partial charge in [0.25, 0.3) is 5.91 Å². The summed E-state index contributed by atoms with van der Waals surface area (Å²) >= 11 is 0. The standard InChI is InChI=1S/C17H20FN3O2/c1-2-15-14(16(22)19-11-17(23)8-3-9-17)10-20-21(15)13-6-4-12(18)5-7-13/h4-7,10,23H,2-3,8-9,11H2,1H3,(H,19,22). The van der Waals surface area contributed by atoms with Crippen LogP contribution in [0.2, 0.25) is 0 Å². The Bertz CT molecular complexity index is 705. The van der Waals surface area contributed by atoms with Crippen molar-refractivity contribution in [2.24, 2.45) is 0 Å². The molecule has 0 radical (unpaired) electrons. The van der Waals surface area contributed by atoms with Crippen molar-refractivity contribution in [3.8, 4) is 5.69 Å². The van der Waals surface area contributed by atoms with E-state index in [9.17, 15) is 14.3 Å². The number of carbonyl (C=O) groups excluding carboxylic acids is 1. The summed E-state index contributed by atoms with van der Waals surface area (Å²) in [6.07, 6.45) is 4.58. The minimum absolute atomic E-state index is 0.240. The van der Waals surface area contributed by atoms with Crippen molar-refractivity contribution in [2.45, 2.75) is 38.2 Å². The molecule has 2 aromatic rings. The van der Waals surface area contributed by atoms with E-state index in [-0.39, 0.29) is 18.3 Å². The van der Waals surface area contributed by atoms with Crippen LogP contribution < -0.4 is 5.32 Å². The lowest BCUT2D eigenvalue weighted by Gasteiger charge is -2.36. The molecule has 0 bridgehead atoms. The summed E-state index contributed by atoms with van der Waals surface area (Å²) in [5.41, 5.74) is 1.20. The molecular formula is C17H20FN3O2. The second-order valence-corrected chi connectivity index (χ2v) is 6.01. The third-order valence-corrected chi connectivity index (χ3v) is 4.38. The molecule has 1 saturated carbocycles. The maximum Gasteiger partial charge on any atom is 0.254 e. The summed E-state index contributed by atoms with van der Waals surface area (Å²) in [6, 6.07) is 5.98. The summed E-state index contributed by atoms with van der Waals surface area (Å²) < 4.78 is 14.7. The third-order valence-electron chi connectivity index (χ3n) is 4.38. The van der Waals surface area contributed by atoms with E-state index in [0.29, 0.717) is 17.7 Å². The highest BCUT2D eigenvalue weighted by Crippen LogP contribution is 2.30. The van der Waals surface area contributed by atoms with Gasteiger partial charge in [0.2, 0.25) is 0 Å². The van der Waals surface area contributed by atoms with Gasteiger partial charge in [-0.25, -0.2) is 9.07 Å². The van der Waals surface area contributed by atoms with Crippen molar-refractivity contribution in [1.29, 1.82) is 0 Å². The Labute approximate surface area is 134 Å². The fourth-order valence-electron chi connectivity index (χ4n) is 2.81. The van der Waals surface area contributed by atoms with E-state index < -0.39 is 5.60 Å². The molecular weight excluding hydrogens is 297 g/mol. The van der Waals surface area contributed by atoms with Crippen molar-refractivity contribution in [3.63, 3.8) is 0 Å². The van der Waals surface area contributed by atoms with Gasteiger partial charge >= 0.3 is 0 Å². The number of benzene rings is 1. The van der Waals surface area contributed by atoms with Crippen LogP contribution in [0.5, 0.6) is 0 Å². The van der Waals surface area contributed by atoms with Gasteiger partial charge < -0.3 is 10.4 Å². The number of amides is 1. The second-order valence-electron chi connectivity index (χ2n) is 6.01. The second kappa shape index (κ2) is 6.12. The van der Waals surface area contributed by atoms with Gasteiger partial charge in [-0.3, -0.25) is 4.79 Å². The molecule has 1 aromatic heterocycles. The molecule has 1 fully saturated rings. The van der Waals surface area contributed by atoms with E-state index >= 15 is 0 Å². The number of carbonyl (C=O) groups is 1. The Morgan fingerprint density at radius 3 is 2.65 bits per heavy atom. The zero-order valence-electron chi connectivity index (χ0n) is 13.1. The number of hydrogen-bond donors (Lipinski definition) is 2. The molecule has 0 atom stereocenters. The first-order valence-electron chi connectivity index (χ1n) is 7.86. The van der Waals surface area contributed by atoms with Crippen LogP contribution in [0.4, 0.5) is 4.39 Å². The molecule has 0 spiro atoms. The first kappa shape index (κ1) is 15.7. The largest absolute Gasteiger partial charge is 0.388 e. The van der Waals surface area contributed by atoms with Crippen molar-refractivity contribution in [3.05, 3.63) is 47.5 Å². The summed E-state index contributed by atoms with van der Waals surface area (Å²) in [4.78, 5) is 12.4. The number of halogens is 1. The summed E-state index contributed by atoms with van der Waals surface area (Å²) in [5, 5.41) is 17.1. The van der Waals surface area contributed by atoms with Gasteiger partial charge in [0.15, 0.2) is 0 Å². The van der Waals surface area contributed by atoms with E-state index in [2.05, 4.69) is 10.4 Å². The SMILES string of the molecule is CCc1c(C(=O)NCC2(O)CCC2)cnn1-c1ccc(F)cc1. The van der Waals surface area contributed by atoms with Gasteiger partial charge in [-0.1, -0.05) is 6.92 Å². The fourth-order valence-corrected chi connectivity index (χ4v) is 2.81. The van der Waals surface area contributed by atoms with E-state index in [4.69, 9.17) is 0 Å². The molecule has 1 amide bonds. The molecule has 0 aliphatic heterocycles. The van der Waals surface area contributed by atoms with Crippen molar-refractivity contribution in [1.82, 2.24) is 15.1 Å². The van der Waals surface area contributed by atoms with Crippen molar-refractivity contribution >= 4 is 5.91 Å². The van der Waals surface area contributed by atoms with Crippen LogP contribution in [0, 0.1) is 5.82 Å². The fraction of sp³-hybridized carbons (Fsp3) is 0.412. The smallest absolute Gasteiger partial charge is 0.254 e. The van der Waals surface area contributed by atoms with Crippen LogP contribution in [0.25, 0.3) is 5.69 Å². The zero-order valence-corrected chi connectivity index (χ0v) is 13.1. The molecule has 1 aliphatic rings. The quantitative estimate of drug-likeness (QED) is 0.888. The van der Waals surface area contributed by atoms with Crippen LogP contribution in [0.3, 0.4) is 0 Å². The normalized spacial score (nSPS) is 16.0. The highest BCUT2D eigenvalue weighted by Gasteiger charge is 2.34. The van der Waals surface area contributed by atoms with Crippen LogP contribution in [-0.4, -0.2) is 32.9 Å². The number of hydrogen-bond acceptors (Lipinski definition) is 3. The number of rotatable bonds is 5. The van der Waals surface area contributed by atoms with E-state index in [1.165, 1.54) is 18.3 Å². The molecule has 1 heterocycles. The zero-order chi connectivity index (χ0) is 16.4. The summed E-state index contributed by atoms with van der Waals surface area (Å²) in [5.74, 6) is -0.554. The van der Waals surface area contributed by atoms with E-state index in [1.54, 1.807) is 16.8 Å². The minimum Gasteiger partial charge on any atom is -0.388 e. The predicted molar refractivity (Wildman–Crippen MR) is 84.0 cm³/mol. The maximum absolute atomic E-state index is 13.1. The maximum atomic E-state index is 13.1. The molecule has 3 rings (SSSR count). The Balaban J connectivity index is 1.80. The van der Waals surface area contributed by atoms with Gasteiger partial charge in [0, 0.05) is 6.54 Å². The molecule has 1 aromatic carbocycles. The summed E-state index contributed by atoms with van der Waals surface area (Å²) in [7, 11) is 0. The average molecular weight is 317 g/mol. The lowest BCUT2D eigenvalue weighted by molar-refractivity contribution is -0.0300. The minimum atomic E-state index is -0.755. The van der Waals surface area contributed by atoms with Gasteiger partial charge in [0.1, 0.15) is 5.82 Å². The van der Waals surface area contributed by atoms with Crippen LogP contribution in [0.1, 0.15) is 42.2 Å². The molecule has 0 saturated heterocycles. The van der Waals surface area contributed by atoms with Crippen LogP contribution >= 0.6 is 0 Å². The third kappa shape index (κ3) is 3.12. The average Bonchev–Trinajstić information content (AvgIpc) is 2.95. The number of nitrogens with zero attached hydrogens (tertiary/aromatic N) is 2. The predicted octanol–water partition coefficient (Wildman–Crippen LogP) is 2.22. The molecule has 122 valence electrons.